The van der Waals surface area contributed by atoms with E-state index in [0.717, 1.165) is 50.6 Å². The fourth-order valence-corrected chi connectivity index (χ4v) is 4.30. The van der Waals surface area contributed by atoms with Gasteiger partial charge in [-0.05, 0) is 47.9 Å². The van der Waals surface area contributed by atoms with Crippen LogP contribution < -0.4 is 4.74 Å². The van der Waals surface area contributed by atoms with E-state index in [9.17, 15) is 0 Å². The lowest BCUT2D eigenvalue weighted by atomic mass is 10.0. The van der Waals surface area contributed by atoms with Crippen LogP contribution in [0.2, 0.25) is 0 Å². The minimum absolute atomic E-state index is 0.766. The van der Waals surface area contributed by atoms with Crippen molar-refractivity contribution in [2.45, 2.75) is 0 Å². The summed E-state index contributed by atoms with van der Waals surface area (Å²) in [4.78, 5) is 9.46. The second-order valence-corrected chi connectivity index (χ2v) is 8.02. The molecule has 0 spiro atoms. The molecule has 6 rings (SSSR count). The smallest absolute Gasteiger partial charge is 0.140 e. The number of fused-ring (bicyclic) bond motifs is 2. The Hall–Kier alpha value is -4.44. The molecule has 2 aromatic heterocycles. The molecule has 0 atom stereocenters. The van der Waals surface area contributed by atoms with E-state index in [1.165, 1.54) is 5.39 Å². The van der Waals surface area contributed by atoms with Crippen molar-refractivity contribution < 1.29 is 4.74 Å². The summed E-state index contributed by atoms with van der Waals surface area (Å²) < 4.78 is 8.38. The Morgan fingerprint density at radius 2 is 1.42 bits per heavy atom. The number of benzene rings is 4. The van der Waals surface area contributed by atoms with Gasteiger partial charge in [-0.15, -0.1) is 0 Å². The maximum Gasteiger partial charge on any atom is 0.140 e. The van der Waals surface area contributed by atoms with Crippen molar-refractivity contribution in [1.82, 2.24) is 14.5 Å². The van der Waals surface area contributed by atoms with Crippen LogP contribution in [0, 0.1) is 0 Å². The largest absolute Gasteiger partial charge is 0.457 e. The molecule has 4 heteroatoms. The van der Waals surface area contributed by atoms with Gasteiger partial charge in [0.05, 0.1) is 16.7 Å². The van der Waals surface area contributed by atoms with Gasteiger partial charge < -0.3 is 9.30 Å². The molecule has 33 heavy (non-hydrogen) atoms. The number of aryl methyl sites for hydroxylation is 1. The first-order valence-electron chi connectivity index (χ1n) is 10.9. The fourth-order valence-electron chi connectivity index (χ4n) is 4.30. The van der Waals surface area contributed by atoms with E-state index in [2.05, 4.69) is 39.9 Å². The number of rotatable bonds is 4. The van der Waals surface area contributed by atoms with Gasteiger partial charge in [-0.2, -0.15) is 0 Å². The molecule has 0 radical (unpaired) electrons. The normalized spacial score (nSPS) is 11.2. The van der Waals surface area contributed by atoms with Crippen molar-refractivity contribution in [3.8, 4) is 34.1 Å². The molecule has 4 aromatic carbocycles. The second-order valence-electron chi connectivity index (χ2n) is 8.02. The molecule has 158 valence electrons. The number of aromatic nitrogens is 3. The third-order valence-corrected chi connectivity index (χ3v) is 5.90. The molecule has 0 bridgehead atoms. The second kappa shape index (κ2) is 7.92. The van der Waals surface area contributed by atoms with Crippen molar-refractivity contribution in [3.05, 3.63) is 109 Å². The van der Waals surface area contributed by atoms with E-state index in [1.54, 1.807) is 0 Å². The summed E-state index contributed by atoms with van der Waals surface area (Å²) in [6.07, 6.45) is 1.85. The average Bonchev–Trinajstić information content (AvgIpc) is 3.21. The van der Waals surface area contributed by atoms with Crippen LogP contribution in [0.15, 0.2) is 109 Å². The van der Waals surface area contributed by atoms with Gasteiger partial charge in [0.2, 0.25) is 0 Å². The summed E-state index contributed by atoms with van der Waals surface area (Å²) in [5.74, 6) is 2.45. The standard InChI is InChI=1S/C29H21N3O/c1-32-27-15-5-4-14-26(27)31-29(32)22-10-7-12-24(19-22)33-23-11-6-9-21(18-23)28-25-13-3-2-8-20(25)16-17-30-28/h2-19H,1H3. The van der Waals surface area contributed by atoms with Gasteiger partial charge in [0.15, 0.2) is 0 Å². The molecule has 0 fully saturated rings. The number of para-hydroxylation sites is 2. The Labute approximate surface area is 191 Å². The summed E-state index contributed by atoms with van der Waals surface area (Å²) >= 11 is 0. The van der Waals surface area contributed by atoms with E-state index in [1.807, 2.05) is 86.0 Å². The Bertz CT molecular complexity index is 1610. The average molecular weight is 428 g/mol. The van der Waals surface area contributed by atoms with E-state index in [-0.39, 0.29) is 0 Å². The molecule has 6 aromatic rings. The van der Waals surface area contributed by atoms with Crippen molar-refractivity contribution in [3.63, 3.8) is 0 Å². The topological polar surface area (TPSA) is 39.9 Å². The summed E-state index contributed by atoms with van der Waals surface area (Å²) in [6.45, 7) is 0. The zero-order valence-corrected chi connectivity index (χ0v) is 18.1. The number of pyridine rings is 1. The van der Waals surface area contributed by atoms with E-state index in [0.29, 0.717) is 0 Å². The lowest BCUT2D eigenvalue weighted by Crippen LogP contribution is -1.93. The van der Waals surface area contributed by atoms with Crippen LogP contribution in [-0.4, -0.2) is 14.5 Å². The highest BCUT2D eigenvalue weighted by Gasteiger charge is 2.11. The molecule has 0 N–H and O–H groups in total. The van der Waals surface area contributed by atoms with Crippen LogP contribution in [-0.2, 0) is 7.05 Å². The molecule has 0 amide bonds. The van der Waals surface area contributed by atoms with E-state index >= 15 is 0 Å². The molecule has 4 nitrogen and oxygen atoms in total. The predicted octanol–water partition coefficient (Wildman–Crippen LogP) is 7.25. The minimum atomic E-state index is 0.766. The Morgan fingerprint density at radius 3 is 2.27 bits per heavy atom. The molecule has 0 aliphatic carbocycles. The van der Waals surface area contributed by atoms with Crippen molar-refractivity contribution in [1.29, 1.82) is 0 Å². The lowest BCUT2D eigenvalue weighted by Gasteiger charge is -2.10. The molecule has 0 saturated carbocycles. The van der Waals surface area contributed by atoms with Gasteiger partial charge in [0, 0.05) is 29.8 Å². The number of nitrogens with zero attached hydrogens (tertiary/aromatic N) is 3. The van der Waals surface area contributed by atoms with Crippen LogP contribution in [0.4, 0.5) is 0 Å². The Kier molecular flexibility index (Phi) is 4.62. The number of imidazole rings is 1. The predicted molar refractivity (Wildman–Crippen MR) is 133 cm³/mol. The highest BCUT2D eigenvalue weighted by Crippen LogP contribution is 2.32. The third-order valence-electron chi connectivity index (χ3n) is 5.90. The van der Waals surface area contributed by atoms with Crippen LogP contribution in [0.25, 0.3) is 44.5 Å². The van der Waals surface area contributed by atoms with Crippen LogP contribution in [0.5, 0.6) is 11.5 Å². The maximum atomic E-state index is 6.26. The summed E-state index contributed by atoms with van der Waals surface area (Å²) in [7, 11) is 2.04. The summed E-state index contributed by atoms with van der Waals surface area (Å²) in [5.41, 5.74) is 5.08. The SMILES string of the molecule is Cn1c(-c2cccc(Oc3cccc(-c4nccc5ccccc45)c3)c2)nc2ccccc21. The van der Waals surface area contributed by atoms with Gasteiger partial charge in [0.25, 0.3) is 0 Å². The summed E-state index contributed by atoms with van der Waals surface area (Å²) in [6, 6.07) is 34.6. The third kappa shape index (κ3) is 3.52. The monoisotopic (exact) mass is 427 g/mol. The maximum absolute atomic E-state index is 6.26. The summed E-state index contributed by atoms with van der Waals surface area (Å²) in [5, 5.41) is 2.30. The zero-order valence-electron chi connectivity index (χ0n) is 18.1. The van der Waals surface area contributed by atoms with Gasteiger partial charge in [0.1, 0.15) is 17.3 Å². The van der Waals surface area contributed by atoms with Gasteiger partial charge in [-0.3, -0.25) is 4.98 Å². The molecular formula is C29H21N3O. The molecule has 2 heterocycles. The van der Waals surface area contributed by atoms with Gasteiger partial charge in [-0.1, -0.05) is 60.7 Å². The quantitative estimate of drug-likeness (QED) is 0.297. The lowest BCUT2D eigenvalue weighted by molar-refractivity contribution is 0.483. The van der Waals surface area contributed by atoms with Crippen molar-refractivity contribution >= 4 is 21.8 Å². The number of hydrogen-bond donors (Lipinski definition) is 0. The van der Waals surface area contributed by atoms with Crippen LogP contribution in [0.3, 0.4) is 0 Å². The first-order valence-corrected chi connectivity index (χ1v) is 10.9. The van der Waals surface area contributed by atoms with E-state index < -0.39 is 0 Å². The molecule has 0 unspecified atom stereocenters. The Morgan fingerprint density at radius 1 is 0.697 bits per heavy atom. The molecule has 0 aliphatic heterocycles. The number of ether oxygens (including phenoxy) is 1. The van der Waals surface area contributed by atoms with E-state index in [4.69, 9.17) is 9.72 Å². The van der Waals surface area contributed by atoms with Crippen molar-refractivity contribution in [2.24, 2.45) is 7.05 Å². The number of hydrogen-bond acceptors (Lipinski definition) is 3. The van der Waals surface area contributed by atoms with Gasteiger partial charge >= 0.3 is 0 Å². The Balaban J connectivity index is 1.35. The first kappa shape index (κ1) is 19.3. The van der Waals surface area contributed by atoms with Crippen LogP contribution >= 0.6 is 0 Å². The minimum Gasteiger partial charge on any atom is -0.457 e. The van der Waals surface area contributed by atoms with Crippen LogP contribution in [0.1, 0.15) is 0 Å². The zero-order chi connectivity index (χ0) is 22.2. The molecule has 0 saturated heterocycles. The van der Waals surface area contributed by atoms with Crippen molar-refractivity contribution in [2.75, 3.05) is 0 Å². The molecule has 0 aliphatic rings. The fraction of sp³-hybridized carbons (Fsp3) is 0.0345. The van der Waals surface area contributed by atoms with Gasteiger partial charge in [-0.25, -0.2) is 4.98 Å². The molecular weight excluding hydrogens is 406 g/mol. The highest BCUT2D eigenvalue weighted by molar-refractivity contribution is 5.94. The highest BCUT2D eigenvalue weighted by atomic mass is 16.5. The first-order chi connectivity index (χ1) is 16.3.